The third kappa shape index (κ3) is 4.36. The summed E-state index contributed by atoms with van der Waals surface area (Å²) in [5, 5.41) is 25.0. The number of aliphatic hydroxyl groups excluding tert-OH is 2. The second-order valence-corrected chi connectivity index (χ2v) is 8.53. The Kier molecular flexibility index (Phi) is 7.33. The van der Waals surface area contributed by atoms with E-state index in [1.165, 1.54) is 11.8 Å². The maximum absolute atomic E-state index is 10.8. The summed E-state index contributed by atoms with van der Waals surface area (Å²) in [6.07, 6.45) is -3.33. The van der Waals surface area contributed by atoms with Gasteiger partial charge in [-0.25, -0.2) is 0 Å². The zero-order chi connectivity index (χ0) is 20.3. The number of fused-ring (bicyclic) bond motifs is 2. The van der Waals surface area contributed by atoms with Crippen LogP contribution in [0.25, 0.3) is 10.4 Å². The zero-order valence-electron chi connectivity index (χ0n) is 16.0. The van der Waals surface area contributed by atoms with Crippen LogP contribution in [0.3, 0.4) is 0 Å². The monoisotopic (exact) mass is 427 g/mol. The Morgan fingerprint density at radius 3 is 2.75 bits per heavy atom. The molecule has 0 amide bonds. The number of benzene rings is 1. The van der Waals surface area contributed by atoms with Crippen molar-refractivity contribution in [3.05, 3.63) is 33.7 Å². The first-order valence-electron chi connectivity index (χ1n) is 9.47. The van der Waals surface area contributed by atoms with Gasteiger partial charge in [0, 0.05) is 27.9 Å². The van der Waals surface area contributed by atoms with Crippen molar-refractivity contribution in [2.75, 3.05) is 37.6 Å². The molecule has 0 unspecified atom stereocenters. The summed E-state index contributed by atoms with van der Waals surface area (Å²) in [4.78, 5) is 8.17. The van der Waals surface area contributed by atoms with Crippen molar-refractivity contribution in [1.29, 1.82) is 0 Å². The SMILES string of the molecule is CCN(CC)CCN1c2cc(Cl)ccc2S[C@H]2[C@@H](O)[C@H](O)[C@@H](CN=[N+]=[N-])O[C@H]21. The number of nitrogens with zero attached hydrogens (tertiary/aromatic N) is 5. The maximum atomic E-state index is 10.8. The van der Waals surface area contributed by atoms with Crippen LogP contribution in [0, 0.1) is 0 Å². The Balaban J connectivity index is 1.92. The Bertz CT molecular complexity index is 731. The fourth-order valence-corrected chi connectivity index (χ4v) is 5.23. The van der Waals surface area contributed by atoms with Gasteiger partial charge >= 0.3 is 0 Å². The normalized spacial score (nSPS) is 29.2. The molecule has 2 N–H and O–H groups in total. The molecule has 1 fully saturated rings. The van der Waals surface area contributed by atoms with Crippen molar-refractivity contribution in [2.24, 2.45) is 5.11 Å². The smallest absolute Gasteiger partial charge is 0.145 e. The molecule has 0 saturated carbocycles. The lowest BCUT2D eigenvalue weighted by atomic mass is 9.99. The van der Waals surface area contributed by atoms with Gasteiger partial charge in [0.05, 0.1) is 29.7 Å². The van der Waals surface area contributed by atoms with Gasteiger partial charge in [0.25, 0.3) is 0 Å². The lowest BCUT2D eigenvalue weighted by Gasteiger charge is -2.50. The summed E-state index contributed by atoms with van der Waals surface area (Å²) < 4.78 is 6.15. The molecule has 154 valence electrons. The van der Waals surface area contributed by atoms with Crippen LogP contribution in [-0.4, -0.2) is 77.6 Å². The minimum absolute atomic E-state index is 0.0328. The molecule has 8 nitrogen and oxygen atoms in total. The number of hydrogen-bond donors (Lipinski definition) is 2. The number of halogens is 1. The van der Waals surface area contributed by atoms with E-state index in [0.717, 1.165) is 30.2 Å². The van der Waals surface area contributed by atoms with Crippen LogP contribution in [0.4, 0.5) is 5.69 Å². The minimum atomic E-state index is -1.11. The van der Waals surface area contributed by atoms with Crippen molar-refractivity contribution < 1.29 is 14.9 Å². The van der Waals surface area contributed by atoms with Crippen molar-refractivity contribution in [3.8, 4) is 0 Å². The van der Waals surface area contributed by atoms with Crippen molar-refractivity contribution in [2.45, 2.75) is 48.5 Å². The topological polar surface area (TPSA) is 105 Å². The molecule has 0 radical (unpaired) electrons. The van der Waals surface area contributed by atoms with Gasteiger partial charge in [-0.1, -0.05) is 30.6 Å². The van der Waals surface area contributed by atoms with E-state index in [1.807, 2.05) is 18.2 Å². The van der Waals surface area contributed by atoms with Crippen LogP contribution < -0.4 is 4.90 Å². The van der Waals surface area contributed by atoms with Crippen LogP contribution >= 0.6 is 23.4 Å². The summed E-state index contributed by atoms with van der Waals surface area (Å²) in [7, 11) is 0. The summed E-state index contributed by atoms with van der Waals surface area (Å²) in [6.45, 7) is 7.61. The van der Waals surface area contributed by atoms with E-state index >= 15 is 0 Å². The molecule has 1 aromatic rings. The zero-order valence-corrected chi connectivity index (χ0v) is 17.6. The van der Waals surface area contributed by atoms with Crippen LogP contribution in [0.1, 0.15) is 13.8 Å². The molecule has 0 aromatic heterocycles. The maximum Gasteiger partial charge on any atom is 0.145 e. The summed E-state index contributed by atoms with van der Waals surface area (Å²) in [5.74, 6) is 0. The molecule has 2 aliphatic heterocycles. The predicted octanol–water partition coefficient (Wildman–Crippen LogP) is 2.72. The van der Waals surface area contributed by atoms with E-state index in [2.05, 4.69) is 33.7 Å². The minimum Gasteiger partial charge on any atom is -0.389 e. The highest BCUT2D eigenvalue weighted by Gasteiger charge is 2.49. The highest BCUT2D eigenvalue weighted by atomic mass is 35.5. The fraction of sp³-hybridized carbons (Fsp3) is 0.667. The second kappa shape index (κ2) is 9.54. The van der Waals surface area contributed by atoms with E-state index in [1.54, 1.807) is 0 Å². The molecule has 2 aliphatic rings. The number of ether oxygens (including phenoxy) is 1. The highest BCUT2D eigenvalue weighted by Crippen LogP contribution is 2.46. The predicted molar refractivity (Wildman–Crippen MR) is 111 cm³/mol. The Hall–Kier alpha value is -1.19. The van der Waals surface area contributed by atoms with Crippen LogP contribution in [0.5, 0.6) is 0 Å². The van der Waals surface area contributed by atoms with Gasteiger partial charge in [-0.2, -0.15) is 0 Å². The Labute approximate surface area is 174 Å². The highest BCUT2D eigenvalue weighted by molar-refractivity contribution is 8.00. The van der Waals surface area contributed by atoms with Gasteiger partial charge < -0.3 is 24.7 Å². The molecular formula is C18H26ClN5O3S. The van der Waals surface area contributed by atoms with E-state index in [-0.39, 0.29) is 11.8 Å². The number of anilines is 1. The molecule has 10 heteroatoms. The van der Waals surface area contributed by atoms with Crippen molar-refractivity contribution in [3.63, 3.8) is 0 Å². The van der Waals surface area contributed by atoms with Crippen molar-refractivity contribution >= 4 is 29.1 Å². The second-order valence-electron chi connectivity index (χ2n) is 6.87. The van der Waals surface area contributed by atoms with Crippen LogP contribution in [0.2, 0.25) is 5.02 Å². The standard InChI is InChI=1S/C18H26ClN5O3S/c1-3-23(4-2)7-8-24-12-9-11(19)5-6-14(12)28-17-16(26)15(25)13(10-21-22-20)27-18(17)24/h5-6,9,13,15-18,25-26H,3-4,7-8,10H2,1-2H3/t13-,15-,16+,17+,18-/m1/s1. The van der Waals surface area contributed by atoms with E-state index in [0.29, 0.717) is 11.6 Å². The van der Waals surface area contributed by atoms with Gasteiger partial charge in [0.15, 0.2) is 0 Å². The number of likely N-dealkylation sites (N-methyl/N-ethyl adjacent to an activating group) is 1. The first kappa shape index (κ1) is 21.5. The van der Waals surface area contributed by atoms with Crippen LogP contribution in [-0.2, 0) is 4.74 Å². The first-order valence-corrected chi connectivity index (χ1v) is 10.7. The fourth-order valence-electron chi connectivity index (χ4n) is 3.70. The summed E-state index contributed by atoms with van der Waals surface area (Å²) in [6, 6.07) is 5.67. The third-order valence-electron chi connectivity index (χ3n) is 5.34. The van der Waals surface area contributed by atoms with E-state index in [9.17, 15) is 10.2 Å². The molecule has 0 spiro atoms. The first-order chi connectivity index (χ1) is 13.5. The van der Waals surface area contributed by atoms with Gasteiger partial charge in [-0.05, 0) is 36.8 Å². The van der Waals surface area contributed by atoms with Crippen molar-refractivity contribution in [1.82, 2.24) is 4.90 Å². The Morgan fingerprint density at radius 1 is 1.32 bits per heavy atom. The molecular weight excluding hydrogens is 402 g/mol. The van der Waals surface area contributed by atoms with Gasteiger partial charge in [0.2, 0.25) is 0 Å². The average Bonchev–Trinajstić information content (AvgIpc) is 2.70. The number of hydrogen-bond acceptors (Lipinski definition) is 7. The molecule has 0 aliphatic carbocycles. The van der Waals surface area contributed by atoms with Gasteiger partial charge in [-0.3, -0.25) is 0 Å². The lowest BCUT2D eigenvalue weighted by molar-refractivity contribution is -0.160. The Morgan fingerprint density at radius 2 is 2.07 bits per heavy atom. The van der Waals surface area contributed by atoms with Crippen LogP contribution in [0.15, 0.2) is 28.2 Å². The number of aliphatic hydroxyl groups is 2. The lowest BCUT2D eigenvalue weighted by Crippen LogP contribution is -2.64. The molecule has 28 heavy (non-hydrogen) atoms. The number of azide groups is 1. The number of thioether (sulfide) groups is 1. The van der Waals surface area contributed by atoms with E-state index in [4.69, 9.17) is 21.9 Å². The molecule has 0 bridgehead atoms. The van der Waals surface area contributed by atoms with Gasteiger partial charge in [0.1, 0.15) is 12.3 Å². The third-order valence-corrected chi connectivity index (χ3v) is 6.96. The molecule has 5 atom stereocenters. The largest absolute Gasteiger partial charge is 0.389 e. The molecule has 1 saturated heterocycles. The van der Waals surface area contributed by atoms with Gasteiger partial charge in [-0.15, -0.1) is 11.8 Å². The average molecular weight is 428 g/mol. The number of rotatable bonds is 7. The molecule has 3 rings (SSSR count). The quantitative estimate of drug-likeness (QED) is 0.394. The summed E-state index contributed by atoms with van der Waals surface area (Å²) >= 11 is 7.74. The molecule has 2 heterocycles. The van der Waals surface area contributed by atoms with E-state index < -0.39 is 24.5 Å². The summed E-state index contributed by atoms with van der Waals surface area (Å²) in [5.41, 5.74) is 9.57. The molecule has 1 aromatic carbocycles.